The largest absolute Gasteiger partial charge is 0.486 e. The van der Waals surface area contributed by atoms with E-state index in [1.54, 1.807) is 18.2 Å². The van der Waals surface area contributed by atoms with Gasteiger partial charge in [-0.25, -0.2) is 4.79 Å². The Morgan fingerprint density at radius 1 is 1.07 bits per heavy atom. The van der Waals surface area contributed by atoms with Crippen LogP contribution in [0.3, 0.4) is 0 Å². The van der Waals surface area contributed by atoms with Gasteiger partial charge in [-0.15, -0.1) is 0 Å². The van der Waals surface area contributed by atoms with Crippen molar-refractivity contribution in [3.63, 3.8) is 0 Å². The minimum Gasteiger partial charge on any atom is -0.486 e. The maximum atomic E-state index is 11.9. The van der Waals surface area contributed by atoms with E-state index in [0.29, 0.717) is 30.4 Å². The Labute approximate surface area is 157 Å². The normalized spacial score (nSPS) is 12.7. The van der Waals surface area contributed by atoms with Crippen LogP contribution in [-0.4, -0.2) is 31.7 Å². The van der Waals surface area contributed by atoms with Crippen molar-refractivity contribution in [1.29, 1.82) is 0 Å². The first-order valence-corrected chi connectivity index (χ1v) is 8.63. The molecule has 0 bridgehead atoms. The van der Waals surface area contributed by atoms with Crippen molar-refractivity contribution in [3.8, 4) is 11.5 Å². The van der Waals surface area contributed by atoms with Crippen LogP contribution in [0.4, 0.5) is 5.69 Å². The van der Waals surface area contributed by atoms with Gasteiger partial charge in [-0.3, -0.25) is 4.79 Å². The van der Waals surface area contributed by atoms with Crippen LogP contribution in [0.2, 0.25) is 0 Å². The van der Waals surface area contributed by atoms with Gasteiger partial charge >= 0.3 is 5.97 Å². The molecule has 27 heavy (non-hydrogen) atoms. The Balaban J connectivity index is 1.50. The average Bonchev–Trinajstić information content (AvgIpc) is 2.67. The summed E-state index contributed by atoms with van der Waals surface area (Å²) in [5, 5.41) is 2.73. The zero-order valence-electron chi connectivity index (χ0n) is 15.3. The van der Waals surface area contributed by atoms with Gasteiger partial charge in [-0.1, -0.05) is 23.8 Å². The van der Waals surface area contributed by atoms with E-state index < -0.39 is 5.97 Å². The van der Waals surface area contributed by atoms with Crippen molar-refractivity contribution in [2.75, 3.05) is 25.1 Å². The predicted octanol–water partition coefficient (Wildman–Crippen LogP) is 3.27. The summed E-state index contributed by atoms with van der Waals surface area (Å²) in [6.45, 7) is 4.56. The second-order valence-electron chi connectivity index (χ2n) is 6.21. The number of aryl methyl sites for hydroxylation is 2. The van der Waals surface area contributed by atoms with Gasteiger partial charge in [0.2, 0.25) is 0 Å². The fraction of sp³-hybridized carbons (Fsp3) is 0.238. The van der Waals surface area contributed by atoms with Crippen molar-refractivity contribution >= 4 is 23.6 Å². The van der Waals surface area contributed by atoms with Crippen molar-refractivity contribution in [2.24, 2.45) is 0 Å². The molecule has 0 aliphatic carbocycles. The quantitative estimate of drug-likeness (QED) is 0.649. The summed E-state index contributed by atoms with van der Waals surface area (Å²) in [7, 11) is 0. The van der Waals surface area contributed by atoms with Crippen LogP contribution in [0.5, 0.6) is 11.5 Å². The number of benzene rings is 2. The third-order valence-electron chi connectivity index (χ3n) is 3.98. The number of ether oxygens (including phenoxy) is 3. The molecule has 1 amide bonds. The highest BCUT2D eigenvalue weighted by molar-refractivity contribution is 5.95. The van der Waals surface area contributed by atoms with Crippen LogP contribution in [0, 0.1) is 13.8 Å². The lowest BCUT2D eigenvalue weighted by atomic mass is 10.1. The standard InChI is InChI=1S/C21H21NO5/c1-14-3-6-17(15(2)11-14)22-20(23)13-27-21(24)8-5-16-4-7-18-19(12-16)26-10-9-25-18/h3-8,11-12H,9-10,13H2,1-2H3,(H,22,23). The summed E-state index contributed by atoms with van der Waals surface area (Å²) >= 11 is 0. The number of hydrogen-bond acceptors (Lipinski definition) is 5. The van der Waals surface area contributed by atoms with Gasteiger partial charge in [0.05, 0.1) is 0 Å². The molecule has 0 saturated heterocycles. The molecule has 0 aromatic heterocycles. The van der Waals surface area contributed by atoms with Gasteiger partial charge in [-0.2, -0.15) is 0 Å². The lowest BCUT2D eigenvalue weighted by Crippen LogP contribution is -2.20. The SMILES string of the molecule is Cc1ccc(NC(=O)COC(=O)C=Cc2ccc3c(c2)OCCO3)c(C)c1. The summed E-state index contributed by atoms with van der Waals surface area (Å²) in [5.41, 5.74) is 3.54. The second kappa shape index (κ2) is 8.40. The highest BCUT2D eigenvalue weighted by Gasteiger charge is 2.11. The van der Waals surface area contributed by atoms with Crippen LogP contribution >= 0.6 is 0 Å². The average molecular weight is 367 g/mol. The van der Waals surface area contributed by atoms with Crippen LogP contribution in [-0.2, 0) is 14.3 Å². The summed E-state index contributed by atoms with van der Waals surface area (Å²) < 4.78 is 15.9. The molecule has 3 rings (SSSR count). The van der Waals surface area contributed by atoms with E-state index in [4.69, 9.17) is 14.2 Å². The summed E-state index contributed by atoms with van der Waals surface area (Å²) in [5.74, 6) is 0.345. The van der Waals surface area contributed by atoms with E-state index in [-0.39, 0.29) is 12.5 Å². The topological polar surface area (TPSA) is 73.9 Å². The fourth-order valence-electron chi connectivity index (χ4n) is 2.65. The maximum Gasteiger partial charge on any atom is 0.331 e. The lowest BCUT2D eigenvalue weighted by molar-refractivity contribution is -0.142. The molecule has 6 nitrogen and oxygen atoms in total. The number of carbonyl (C=O) groups excluding carboxylic acids is 2. The molecule has 1 heterocycles. The van der Waals surface area contributed by atoms with Crippen LogP contribution in [0.15, 0.2) is 42.5 Å². The number of esters is 1. The molecule has 0 atom stereocenters. The first-order chi connectivity index (χ1) is 13.0. The zero-order valence-corrected chi connectivity index (χ0v) is 15.3. The summed E-state index contributed by atoms with van der Waals surface area (Å²) in [4.78, 5) is 23.8. The maximum absolute atomic E-state index is 11.9. The summed E-state index contributed by atoms with van der Waals surface area (Å²) in [6, 6.07) is 11.1. The molecule has 140 valence electrons. The highest BCUT2D eigenvalue weighted by Crippen LogP contribution is 2.31. The molecule has 1 N–H and O–H groups in total. The first-order valence-electron chi connectivity index (χ1n) is 8.63. The van der Waals surface area contributed by atoms with Gasteiger partial charge in [0, 0.05) is 11.8 Å². The van der Waals surface area contributed by atoms with Gasteiger partial charge in [0.25, 0.3) is 5.91 Å². The number of fused-ring (bicyclic) bond motifs is 1. The molecule has 0 spiro atoms. The van der Waals surface area contributed by atoms with Crippen molar-refractivity contribution in [2.45, 2.75) is 13.8 Å². The van der Waals surface area contributed by atoms with E-state index in [9.17, 15) is 9.59 Å². The molecule has 1 aliphatic rings. The Hall–Kier alpha value is -3.28. The number of rotatable bonds is 5. The van der Waals surface area contributed by atoms with E-state index >= 15 is 0 Å². The van der Waals surface area contributed by atoms with Crippen molar-refractivity contribution < 1.29 is 23.8 Å². The van der Waals surface area contributed by atoms with Gasteiger partial charge in [0.15, 0.2) is 18.1 Å². The third kappa shape index (κ3) is 5.10. The second-order valence-corrected chi connectivity index (χ2v) is 6.21. The van der Waals surface area contributed by atoms with Crippen LogP contribution < -0.4 is 14.8 Å². The minimum atomic E-state index is -0.597. The van der Waals surface area contributed by atoms with Crippen LogP contribution in [0.25, 0.3) is 6.08 Å². The lowest BCUT2D eigenvalue weighted by Gasteiger charge is -2.18. The Morgan fingerprint density at radius 3 is 2.63 bits per heavy atom. The molecule has 1 aliphatic heterocycles. The molecule has 0 saturated carbocycles. The fourth-order valence-corrected chi connectivity index (χ4v) is 2.65. The molecule has 2 aromatic rings. The van der Waals surface area contributed by atoms with Gasteiger partial charge in [0.1, 0.15) is 13.2 Å². The monoisotopic (exact) mass is 367 g/mol. The number of amides is 1. The molecule has 2 aromatic carbocycles. The van der Waals surface area contributed by atoms with Gasteiger partial charge in [-0.05, 0) is 49.2 Å². The predicted molar refractivity (Wildman–Crippen MR) is 102 cm³/mol. The van der Waals surface area contributed by atoms with Crippen molar-refractivity contribution in [3.05, 3.63) is 59.2 Å². The van der Waals surface area contributed by atoms with Crippen molar-refractivity contribution in [1.82, 2.24) is 0 Å². The Bertz CT molecular complexity index is 888. The molecular formula is C21H21NO5. The Morgan fingerprint density at radius 2 is 1.85 bits per heavy atom. The summed E-state index contributed by atoms with van der Waals surface area (Å²) in [6.07, 6.45) is 2.87. The van der Waals surface area contributed by atoms with E-state index in [0.717, 1.165) is 16.7 Å². The first kappa shape index (κ1) is 18.5. The Kier molecular flexibility index (Phi) is 5.76. The molecule has 0 fully saturated rings. The number of carbonyl (C=O) groups is 2. The van der Waals surface area contributed by atoms with Crippen LogP contribution in [0.1, 0.15) is 16.7 Å². The van der Waals surface area contributed by atoms with E-state index in [1.807, 2.05) is 38.1 Å². The number of anilines is 1. The zero-order chi connectivity index (χ0) is 19.2. The highest BCUT2D eigenvalue weighted by atomic mass is 16.6. The smallest absolute Gasteiger partial charge is 0.331 e. The van der Waals surface area contributed by atoms with E-state index in [2.05, 4.69) is 5.32 Å². The molecular weight excluding hydrogens is 346 g/mol. The third-order valence-corrected chi connectivity index (χ3v) is 3.98. The van der Waals surface area contributed by atoms with E-state index in [1.165, 1.54) is 6.08 Å². The number of nitrogens with one attached hydrogen (secondary N) is 1. The molecule has 0 unspecified atom stereocenters. The number of hydrogen-bond donors (Lipinski definition) is 1. The minimum absolute atomic E-state index is 0.350. The molecule has 0 radical (unpaired) electrons. The molecule has 6 heteroatoms. The van der Waals surface area contributed by atoms with Gasteiger partial charge < -0.3 is 19.5 Å².